The molecule has 2 heterocycles. The third kappa shape index (κ3) is 6.29. The summed E-state index contributed by atoms with van der Waals surface area (Å²) in [6.07, 6.45) is 0.796. The lowest BCUT2D eigenvalue weighted by atomic mass is 10.1. The van der Waals surface area contributed by atoms with E-state index in [1.807, 2.05) is 84.3 Å². The molecule has 8 nitrogen and oxygen atoms in total. The number of anilines is 1. The van der Waals surface area contributed by atoms with Crippen molar-refractivity contribution in [3.8, 4) is 11.5 Å². The summed E-state index contributed by atoms with van der Waals surface area (Å²) in [5, 5.41) is 0.729. The summed E-state index contributed by atoms with van der Waals surface area (Å²) in [4.78, 5) is 33.3. The number of furan rings is 1. The zero-order valence-corrected chi connectivity index (χ0v) is 24.9. The van der Waals surface area contributed by atoms with Gasteiger partial charge in [-0.2, -0.15) is 0 Å². The van der Waals surface area contributed by atoms with Gasteiger partial charge in [0.05, 0.1) is 19.3 Å². The van der Waals surface area contributed by atoms with Crippen LogP contribution in [0.15, 0.2) is 71.1 Å². The first-order valence-corrected chi connectivity index (χ1v) is 14.5. The first-order valence-electron chi connectivity index (χ1n) is 14.5. The van der Waals surface area contributed by atoms with Gasteiger partial charge in [0.15, 0.2) is 0 Å². The summed E-state index contributed by atoms with van der Waals surface area (Å²) in [7, 11) is 1.61. The minimum Gasteiger partial charge on any atom is -0.497 e. The van der Waals surface area contributed by atoms with Crippen molar-refractivity contribution >= 4 is 28.5 Å². The van der Waals surface area contributed by atoms with Crippen LogP contribution in [0.4, 0.5) is 5.69 Å². The average molecular weight is 570 g/mol. The minimum atomic E-state index is -0.113. The molecule has 0 radical (unpaired) electrons. The molecule has 1 aliphatic rings. The number of carbonyl (C=O) groups is 2. The molecule has 5 rings (SSSR count). The number of methoxy groups -OCH3 is 1. The van der Waals surface area contributed by atoms with E-state index in [2.05, 4.69) is 11.0 Å². The van der Waals surface area contributed by atoms with Crippen molar-refractivity contribution in [2.75, 3.05) is 44.8 Å². The highest BCUT2D eigenvalue weighted by molar-refractivity contribution is 6.07. The Bertz CT molecular complexity index is 1560. The highest BCUT2D eigenvalue weighted by atomic mass is 16.5. The van der Waals surface area contributed by atoms with Crippen molar-refractivity contribution in [3.05, 3.63) is 89.2 Å². The maximum Gasteiger partial charge on any atom is 0.258 e. The zero-order valence-electron chi connectivity index (χ0n) is 24.9. The van der Waals surface area contributed by atoms with Crippen LogP contribution in [0.2, 0.25) is 0 Å². The highest BCUT2D eigenvalue weighted by Gasteiger charge is 2.27. The van der Waals surface area contributed by atoms with Crippen LogP contribution in [-0.2, 0) is 17.9 Å². The molecule has 0 atom stereocenters. The number of ether oxygens (including phenoxy) is 2. The van der Waals surface area contributed by atoms with Crippen molar-refractivity contribution in [3.63, 3.8) is 0 Å². The number of rotatable bonds is 6. The third-order valence-electron chi connectivity index (χ3n) is 7.80. The number of fused-ring (bicyclic) bond motifs is 2. The summed E-state index contributed by atoms with van der Waals surface area (Å²) in [6, 6.07) is 21.5. The van der Waals surface area contributed by atoms with Gasteiger partial charge in [-0.05, 0) is 56.2 Å². The van der Waals surface area contributed by atoms with Gasteiger partial charge < -0.3 is 23.7 Å². The minimum absolute atomic E-state index is 0.0171. The summed E-state index contributed by atoms with van der Waals surface area (Å²) < 4.78 is 17.4. The van der Waals surface area contributed by atoms with Gasteiger partial charge in [0, 0.05) is 62.8 Å². The molecule has 3 aromatic carbocycles. The Morgan fingerprint density at radius 1 is 0.952 bits per heavy atom. The number of benzene rings is 3. The van der Waals surface area contributed by atoms with E-state index in [4.69, 9.17) is 13.9 Å². The van der Waals surface area contributed by atoms with Gasteiger partial charge in [0.25, 0.3) is 5.91 Å². The van der Waals surface area contributed by atoms with E-state index >= 15 is 0 Å². The first kappa shape index (κ1) is 29.2. The summed E-state index contributed by atoms with van der Waals surface area (Å²) in [5.41, 5.74) is 4.05. The molecule has 8 heteroatoms. The summed E-state index contributed by atoms with van der Waals surface area (Å²) in [6.45, 7) is 9.56. The quantitative estimate of drug-likeness (QED) is 0.282. The standard InChI is InChI=1S/C34H39N3O5/c1-5-41-31-14-9-7-12-27(31)22-35-17-10-18-37(25(3)38)30-13-8-6-11-26(30)23-36(20-19-35)34(39)33-24(2)42-32-16-15-28(40-4)21-29(32)33/h6-9,11-16,21H,5,10,17-20,22-23H2,1-4H3. The second kappa shape index (κ2) is 13.1. The molecule has 0 N–H and O–H groups in total. The molecule has 0 fully saturated rings. The van der Waals surface area contributed by atoms with Crippen LogP contribution in [0.3, 0.4) is 0 Å². The van der Waals surface area contributed by atoms with Gasteiger partial charge >= 0.3 is 0 Å². The number of para-hydroxylation sites is 2. The van der Waals surface area contributed by atoms with Crippen LogP contribution in [0.5, 0.6) is 11.5 Å². The van der Waals surface area contributed by atoms with E-state index in [0.717, 1.165) is 40.9 Å². The van der Waals surface area contributed by atoms with E-state index in [0.29, 0.717) is 62.0 Å². The van der Waals surface area contributed by atoms with E-state index in [9.17, 15) is 9.59 Å². The lowest BCUT2D eigenvalue weighted by Gasteiger charge is -2.28. The second-order valence-corrected chi connectivity index (χ2v) is 10.6. The van der Waals surface area contributed by atoms with E-state index < -0.39 is 0 Å². The second-order valence-electron chi connectivity index (χ2n) is 10.6. The number of amides is 2. The van der Waals surface area contributed by atoms with Crippen LogP contribution in [-0.4, -0.2) is 61.5 Å². The van der Waals surface area contributed by atoms with E-state index in [1.165, 1.54) is 0 Å². The molecule has 0 saturated carbocycles. The molecule has 1 aliphatic heterocycles. The number of hydrogen-bond donors (Lipinski definition) is 0. The van der Waals surface area contributed by atoms with Crippen molar-refractivity contribution in [1.29, 1.82) is 0 Å². The maximum atomic E-state index is 14.4. The van der Waals surface area contributed by atoms with Gasteiger partial charge in [-0.25, -0.2) is 0 Å². The molecule has 1 aromatic heterocycles. The molecule has 2 amide bonds. The van der Waals surface area contributed by atoms with Gasteiger partial charge in [-0.15, -0.1) is 0 Å². The lowest BCUT2D eigenvalue weighted by molar-refractivity contribution is -0.116. The number of hydrogen-bond acceptors (Lipinski definition) is 6. The smallest absolute Gasteiger partial charge is 0.258 e. The summed E-state index contributed by atoms with van der Waals surface area (Å²) in [5.74, 6) is 1.97. The fourth-order valence-electron chi connectivity index (χ4n) is 5.72. The average Bonchev–Trinajstić information content (AvgIpc) is 3.30. The predicted octanol–water partition coefficient (Wildman–Crippen LogP) is 6.05. The molecular weight excluding hydrogens is 530 g/mol. The fraction of sp³-hybridized carbons (Fsp3) is 0.353. The van der Waals surface area contributed by atoms with Crippen LogP contribution in [0, 0.1) is 6.92 Å². The van der Waals surface area contributed by atoms with Crippen molar-refractivity contribution in [2.45, 2.75) is 40.3 Å². The maximum absolute atomic E-state index is 14.4. The molecule has 0 unspecified atom stereocenters. The van der Waals surface area contributed by atoms with Crippen molar-refractivity contribution < 1.29 is 23.5 Å². The van der Waals surface area contributed by atoms with Crippen LogP contribution >= 0.6 is 0 Å². The molecule has 0 saturated heterocycles. The molecule has 220 valence electrons. The largest absolute Gasteiger partial charge is 0.497 e. The lowest BCUT2D eigenvalue weighted by Crippen LogP contribution is -2.38. The molecular formula is C34H39N3O5. The fourth-order valence-corrected chi connectivity index (χ4v) is 5.72. The number of carbonyl (C=O) groups excluding carboxylic acids is 2. The third-order valence-corrected chi connectivity index (χ3v) is 7.80. The summed E-state index contributed by atoms with van der Waals surface area (Å²) >= 11 is 0. The molecule has 0 aliphatic carbocycles. The Morgan fingerprint density at radius 2 is 1.74 bits per heavy atom. The van der Waals surface area contributed by atoms with Crippen molar-refractivity contribution in [1.82, 2.24) is 9.80 Å². The Balaban J connectivity index is 1.53. The highest BCUT2D eigenvalue weighted by Crippen LogP contribution is 2.32. The molecule has 0 spiro atoms. The van der Waals surface area contributed by atoms with Crippen molar-refractivity contribution in [2.24, 2.45) is 0 Å². The predicted molar refractivity (Wildman–Crippen MR) is 164 cm³/mol. The van der Waals surface area contributed by atoms with E-state index in [1.54, 1.807) is 14.0 Å². The molecule has 0 bridgehead atoms. The Morgan fingerprint density at radius 3 is 2.52 bits per heavy atom. The van der Waals surface area contributed by atoms with E-state index in [-0.39, 0.29) is 11.8 Å². The first-order chi connectivity index (χ1) is 20.4. The zero-order chi connectivity index (χ0) is 29.6. The van der Waals surface area contributed by atoms with Crippen LogP contribution in [0.25, 0.3) is 11.0 Å². The van der Waals surface area contributed by atoms with Gasteiger partial charge in [-0.1, -0.05) is 36.4 Å². The topological polar surface area (TPSA) is 75.5 Å². The molecule has 42 heavy (non-hydrogen) atoms. The Hall–Kier alpha value is -4.30. The van der Waals surface area contributed by atoms with Crippen LogP contribution < -0.4 is 14.4 Å². The van der Waals surface area contributed by atoms with Gasteiger partial charge in [-0.3, -0.25) is 14.5 Å². The monoisotopic (exact) mass is 569 g/mol. The van der Waals surface area contributed by atoms with Gasteiger partial charge in [0.2, 0.25) is 5.91 Å². The normalized spacial score (nSPS) is 14.8. The Kier molecular flexibility index (Phi) is 9.12. The number of nitrogens with zero attached hydrogens (tertiary/aromatic N) is 3. The SMILES string of the molecule is CCOc1ccccc1CN1CCCN(C(C)=O)c2ccccc2CN(C(=O)c2c(C)oc3ccc(OC)cc23)CC1. The Labute approximate surface area is 247 Å². The van der Waals surface area contributed by atoms with Gasteiger partial charge in [0.1, 0.15) is 22.8 Å². The molecule has 4 aromatic rings. The number of aryl methyl sites for hydroxylation is 1. The van der Waals surface area contributed by atoms with Crippen LogP contribution in [0.1, 0.15) is 47.5 Å².